The second-order valence-electron chi connectivity index (χ2n) is 4.54. The van der Waals surface area contributed by atoms with E-state index in [0.717, 1.165) is 5.56 Å². The Morgan fingerprint density at radius 1 is 1.52 bits per heavy atom. The van der Waals surface area contributed by atoms with Crippen molar-refractivity contribution in [1.82, 2.24) is 5.27 Å². The Morgan fingerprint density at radius 2 is 2.24 bits per heavy atom. The number of carbonyl (C=O) groups is 1. The number of carbonyl (C=O) groups excluding carboxylic acids is 1. The van der Waals surface area contributed by atoms with Gasteiger partial charge in [-0.15, -0.1) is 0 Å². The predicted molar refractivity (Wildman–Crippen MR) is 77.2 cm³/mol. The molecule has 6 nitrogen and oxygen atoms in total. The monoisotopic (exact) mass is 330 g/mol. The van der Waals surface area contributed by atoms with Gasteiger partial charge in [0.1, 0.15) is 6.10 Å². The average molecular weight is 331 g/mol. The number of aliphatic hydroxyl groups is 1. The van der Waals surface area contributed by atoms with Gasteiger partial charge < -0.3 is 5.11 Å². The van der Waals surface area contributed by atoms with E-state index >= 15 is 0 Å². The third-order valence-electron chi connectivity index (χ3n) is 2.76. The van der Waals surface area contributed by atoms with E-state index < -0.39 is 6.10 Å². The molecule has 0 spiro atoms. The van der Waals surface area contributed by atoms with Crippen molar-refractivity contribution < 1.29 is 19.1 Å². The molecule has 0 fully saturated rings. The topological polar surface area (TPSA) is 79.2 Å². The van der Waals surface area contributed by atoms with Crippen molar-refractivity contribution in [3.05, 3.63) is 39.5 Å². The number of aliphatic hydroxyl groups excluding tert-OH is 1. The van der Waals surface area contributed by atoms with Gasteiger partial charge in [-0.2, -0.15) is 0 Å². The molecule has 1 aromatic carbocycles. The van der Waals surface area contributed by atoms with E-state index in [1.54, 1.807) is 25.1 Å². The Bertz CT molecular complexity index is 671. The fourth-order valence-corrected chi connectivity index (χ4v) is 2.34. The Kier molecular flexibility index (Phi) is 4.82. The Labute approximate surface area is 131 Å². The summed E-state index contributed by atoms with van der Waals surface area (Å²) < 4.78 is 6.49. The van der Waals surface area contributed by atoms with Crippen LogP contribution in [-0.4, -0.2) is 16.3 Å². The third-order valence-corrected chi connectivity index (χ3v) is 3.35. The van der Waals surface area contributed by atoms with Gasteiger partial charge in [-0.3, -0.25) is 14.6 Å². The van der Waals surface area contributed by atoms with Crippen molar-refractivity contribution in [3.8, 4) is 0 Å². The van der Waals surface area contributed by atoms with E-state index in [-0.39, 0.29) is 18.3 Å². The Hall–Kier alpha value is -1.63. The minimum Gasteiger partial charge on any atom is -0.382 e. The first-order valence-electron chi connectivity index (χ1n) is 6.17. The van der Waals surface area contributed by atoms with E-state index in [1.807, 2.05) is 0 Å². The quantitative estimate of drug-likeness (QED) is 0.843. The zero-order valence-corrected chi connectivity index (χ0v) is 12.9. The molecule has 1 aromatic heterocycles. The smallest absolute Gasteiger partial charge is 0.308 e. The number of benzene rings is 1. The standard InChI is InChI=1S/C13H13Cl2N3O3/c1-7(19)12-13(16-8(2)20)21-17-18(12)6-9-3-4-10(14)5-11(9)15/h3-5,7,19H,6H2,1-2H3/p+1. The molecule has 0 radical (unpaired) electrons. The summed E-state index contributed by atoms with van der Waals surface area (Å²) in [5, 5.41) is 17.2. The van der Waals surface area contributed by atoms with E-state index in [0.29, 0.717) is 15.7 Å². The molecule has 0 aliphatic heterocycles. The maximum absolute atomic E-state index is 11.1. The molecule has 2 N–H and O–H groups in total. The lowest BCUT2D eigenvalue weighted by Crippen LogP contribution is -2.41. The third kappa shape index (κ3) is 3.72. The average Bonchev–Trinajstić information content (AvgIpc) is 2.74. The molecule has 0 bridgehead atoms. The zero-order chi connectivity index (χ0) is 15.6. The second-order valence-corrected chi connectivity index (χ2v) is 5.38. The molecule has 0 saturated carbocycles. The van der Waals surface area contributed by atoms with E-state index in [9.17, 15) is 9.90 Å². The summed E-state index contributed by atoms with van der Waals surface area (Å²) >= 11 is 12.0. The van der Waals surface area contributed by atoms with Crippen LogP contribution in [0.15, 0.2) is 22.7 Å². The van der Waals surface area contributed by atoms with Crippen LogP contribution in [0, 0.1) is 0 Å². The predicted octanol–water partition coefficient (Wildman–Crippen LogP) is 2.33. The lowest BCUT2D eigenvalue weighted by molar-refractivity contribution is -0.763. The minimum absolute atomic E-state index is 0.114. The lowest BCUT2D eigenvalue weighted by atomic mass is 10.2. The molecule has 1 atom stereocenters. The van der Waals surface area contributed by atoms with Crippen molar-refractivity contribution in [2.75, 3.05) is 5.32 Å². The molecule has 21 heavy (non-hydrogen) atoms. The number of anilines is 1. The van der Waals surface area contributed by atoms with Crippen molar-refractivity contribution in [3.63, 3.8) is 0 Å². The van der Waals surface area contributed by atoms with Gasteiger partial charge in [0.2, 0.25) is 17.7 Å². The normalized spacial score (nSPS) is 12.2. The van der Waals surface area contributed by atoms with Crippen molar-refractivity contribution in [1.29, 1.82) is 0 Å². The van der Waals surface area contributed by atoms with Crippen LogP contribution in [0.2, 0.25) is 10.0 Å². The summed E-state index contributed by atoms with van der Waals surface area (Å²) in [7, 11) is 0. The number of halogens is 2. The molecule has 0 aliphatic rings. The first-order chi connectivity index (χ1) is 9.88. The van der Waals surface area contributed by atoms with Crippen LogP contribution in [0.3, 0.4) is 0 Å². The molecular formula is C13H14Cl2N3O3+. The summed E-state index contributed by atoms with van der Waals surface area (Å²) in [6.07, 6.45) is -0.871. The minimum atomic E-state index is -0.871. The molecule has 2 aromatic rings. The van der Waals surface area contributed by atoms with Gasteiger partial charge in [-0.1, -0.05) is 23.2 Å². The molecule has 1 heterocycles. The van der Waals surface area contributed by atoms with Gasteiger partial charge in [0.05, 0.1) is 5.02 Å². The fourth-order valence-electron chi connectivity index (χ4n) is 1.88. The summed E-state index contributed by atoms with van der Waals surface area (Å²) in [4.78, 5) is 11.1. The van der Waals surface area contributed by atoms with E-state index in [1.165, 1.54) is 11.6 Å². The Balaban J connectivity index is 2.35. The summed E-state index contributed by atoms with van der Waals surface area (Å²) in [6.45, 7) is 3.17. The molecule has 0 aliphatic carbocycles. The van der Waals surface area contributed by atoms with Crippen LogP contribution in [0.25, 0.3) is 0 Å². The number of nitrogens with one attached hydrogen (secondary N) is 1. The molecule has 1 unspecified atom stereocenters. The van der Waals surface area contributed by atoms with Gasteiger partial charge in [0, 0.05) is 17.5 Å². The van der Waals surface area contributed by atoms with Crippen LogP contribution >= 0.6 is 23.2 Å². The van der Waals surface area contributed by atoms with Crippen LogP contribution in [0.5, 0.6) is 0 Å². The largest absolute Gasteiger partial charge is 0.382 e. The second kappa shape index (κ2) is 6.43. The van der Waals surface area contributed by atoms with Gasteiger partial charge in [0.15, 0.2) is 0 Å². The first kappa shape index (κ1) is 15.8. The highest BCUT2D eigenvalue weighted by atomic mass is 35.5. The highest BCUT2D eigenvalue weighted by Gasteiger charge is 2.30. The van der Waals surface area contributed by atoms with Crippen molar-refractivity contribution >= 4 is 35.0 Å². The van der Waals surface area contributed by atoms with Gasteiger partial charge in [0.25, 0.3) is 0 Å². The first-order valence-corrected chi connectivity index (χ1v) is 6.93. The highest BCUT2D eigenvalue weighted by Crippen LogP contribution is 2.23. The summed E-state index contributed by atoms with van der Waals surface area (Å²) in [5.74, 6) is -0.202. The zero-order valence-electron chi connectivity index (χ0n) is 11.4. The molecule has 112 valence electrons. The lowest BCUT2D eigenvalue weighted by Gasteiger charge is -2.02. The molecule has 0 saturated heterocycles. The molecule has 2 rings (SSSR count). The van der Waals surface area contributed by atoms with Crippen molar-refractivity contribution in [2.24, 2.45) is 0 Å². The Morgan fingerprint density at radius 3 is 2.81 bits per heavy atom. The maximum atomic E-state index is 11.1. The van der Waals surface area contributed by atoms with Crippen molar-refractivity contribution in [2.45, 2.75) is 26.5 Å². The van der Waals surface area contributed by atoms with E-state index in [4.69, 9.17) is 27.7 Å². The van der Waals surface area contributed by atoms with Crippen LogP contribution in [-0.2, 0) is 11.3 Å². The molecule has 8 heteroatoms. The summed E-state index contributed by atoms with van der Waals surface area (Å²) in [5.41, 5.74) is 1.12. The number of hydrogen-bond donors (Lipinski definition) is 2. The van der Waals surface area contributed by atoms with E-state index in [2.05, 4.69) is 10.6 Å². The maximum Gasteiger partial charge on any atom is 0.308 e. The number of rotatable bonds is 4. The van der Waals surface area contributed by atoms with Gasteiger partial charge in [-0.25, -0.2) is 0 Å². The van der Waals surface area contributed by atoms with Gasteiger partial charge in [-0.05, 0) is 29.8 Å². The highest BCUT2D eigenvalue weighted by molar-refractivity contribution is 6.35. The van der Waals surface area contributed by atoms with Crippen LogP contribution in [0.1, 0.15) is 31.2 Å². The SMILES string of the molecule is CC(=O)Nc1on[n+](Cc2ccc(Cl)cc2Cl)c1C(C)O. The fraction of sp³-hybridized carbons (Fsp3) is 0.308. The van der Waals surface area contributed by atoms with Crippen LogP contribution < -0.4 is 10.00 Å². The number of nitrogens with zero attached hydrogens (tertiary/aromatic N) is 2. The van der Waals surface area contributed by atoms with Gasteiger partial charge >= 0.3 is 11.6 Å². The molecular weight excluding hydrogens is 317 g/mol. The van der Waals surface area contributed by atoms with Crippen LogP contribution in [0.4, 0.5) is 5.88 Å². The number of amides is 1. The summed E-state index contributed by atoms with van der Waals surface area (Å²) in [6, 6.07) is 5.09. The number of hydrogen-bond acceptors (Lipinski definition) is 4. The molecule has 1 amide bonds. The number of aromatic nitrogens is 2.